The number of aliphatic hydroxyl groups excluding tert-OH is 1. The average molecular weight is 236 g/mol. The molecule has 0 aromatic rings. The maximum absolute atomic E-state index is 11.3. The van der Waals surface area contributed by atoms with Gasteiger partial charge in [0.25, 0.3) is 0 Å². The van der Waals surface area contributed by atoms with Crippen LogP contribution < -0.4 is 0 Å². The van der Waals surface area contributed by atoms with Crippen LogP contribution in [0.25, 0.3) is 0 Å². The summed E-state index contributed by atoms with van der Waals surface area (Å²) in [6, 6.07) is 0.171. The predicted molar refractivity (Wildman–Crippen MR) is 50.2 cm³/mol. The first kappa shape index (κ1) is 9.99. The molecule has 70 valence electrons. The van der Waals surface area contributed by atoms with E-state index in [2.05, 4.69) is 15.9 Å². The summed E-state index contributed by atoms with van der Waals surface area (Å²) < 4.78 is 0. The fourth-order valence-electron chi connectivity index (χ4n) is 1.45. The second-order valence-electron chi connectivity index (χ2n) is 3.21. The Morgan fingerprint density at radius 2 is 2.50 bits per heavy atom. The molecular formula is C8H14BrNO2. The fourth-order valence-corrected chi connectivity index (χ4v) is 2.04. The number of halogens is 1. The van der Waals surface area contributed by atoms with E-state index in [1.807, 2.05) is 11.8 Å². The summed E-state index contributed by atoms with van der Waals surface area (Å²) in [4.78, 5) is 13.4. The van der Waals surface area contributed by atoms with Gasteiger partial charge in [-0.05, 0) is 13.3 Å². The van der Waals surface area contributed by atoms with Crippen LogP contribution in [0.1, 0.15) is 19.8 Å². The van der Waals surface area contributed by atoms with Gasteiger partial charge in [-0.3, -0.25) is 4.79 Å². The lowest BCUT2D eigenvalue weighted by molar-refractivity contribution is -0.129. The number of carbonyl (C=O) groups is 1. The smallest absolute Gasteiger partial charge is 0.224 e. The summed E-state index contributed by atoms with van der Waals surface area (Å²) in [6.07, 6.45) is 1.27. The van der Waals surface area contributed by atoms with E-state index < -0.39 is 0 Å². The number of aliphatic hydroxyl groups is 1. The Bertz CT molecular complexity index is 174. The van der Waals surface area contributed by atoms with Gasteiger partial charge in [-0.2, -0.15) is 0 Å². The zero-order valence-electron chi connectivity index (χ0n) is 7.16. The quantitative estimate of drug-likeness (QED) is 0.734. The molecule has 0 radical (unpaired) electrons. The fraction of sp³-hybridized carbons (Fsp3) is 0.875. The molecule has 1 aliphatic rings. The Balaban J connectivity index is 2.46. The number of carbonyl (C=O) groups excluding carboxylic acids is 1. The highest BCUT2D eigenvalue weighted by molar-refractivity contribution is 9.09. The average Bonchev–Trinajstić information content (AvgIpc) is 2.30. The molecule has 0 bridgehead atoms. The van der Waals surface area contributed by atoms with Crippen LogP contribution in [0.2, 0.25) is 0 Å². The molecule has 1 heterocycles. The monoisotopic (exact) mass is 235 g/mol. The minimum Gasteiger partial charge on any atom is -0.396 e. The Labute approximate surface area is 80.9 Å². The van der Waals surface area contributed by atoms with Crippen molar-refractivity contribution in [3.63, 3.8) is 0 Å². The number of alkyl halides is 1. The summed E-state index contributed by atoms with van der Waals surface area (Å²) in [7, 11) is 0. The van der Waals surface area contributed by atoms with E-state index >= 15 is 0 Å². The zero-order chi connectivity index (χ0) is 9.14. The molecule has 3 nitrogen and oxygen atoms in total. The van der Waals surface area contributed by atoms with Gasteiger partial charge in [-0.1, -0.05) is 15.9 Å². The van der Waals surface area contributed by atoms with Gasteiger partial charge < -0.3 is 10.0 Å². The molecule has 1 N–H and O–H groups in total. The Hall–Kier alpha value is -0.0900. The van der Waals surface area contributed by atoms with Gasteiger partial charge in [-0.25, -0.2) is 0 Å². The molecule has 0 saturated carbocycles. The van der Waals surface area contributed by atoms with Gasteiger partial charge in [-0.15, -0.1) is 0 Å². The first-order valence-corrected chi connectivity index (χ1v) is 5.11. The van der Waals surface area contributed by atoms with E-state index in [1.165, 1.54) is 0 Å². The summed E-state index contributed by atoms with van der Waals surface area (Å²) in [5.41, 5.74) is 0. The molecular weight excluding hydrogens is 222 g/mol. The molecule has 0 spiro atoms. The maximum atomic E-state index is 11.3. The molecule has 1 aliphatic heterocycles. The molecule has 12 heavy (non-hydrogen) atoms. The largest absolute Gasteiger partial charge is 0.396 e. The summed E-state index contributed by atoms with van der Waals surface area (Å²) in [6.45, 7) is 2.90. The summed E-state index contributed by atoms with van der Waals surface area (Å²) in [5, 5.41) is 8.70. The second-order valence-corrected chi connectivity index (χ2v) is 4.50. The Morgan fingerprint density at radius 1 is 1.83 bits per heavy atom. The van der Waals surface area contributed by atoms with Crippen molar-refractivity contribution in [3.05, 3.63) is 0 Å². The lowest BCUT2D eigenvalue weighted by Gasteiger charge is -2.23. The van der Waals surface area contributed by atoms with Gasteiger partial charge in [0.15, 0.2) is 0 Å². The van der Waals surface area contributed by atoms with Gasteiger partial charge in [0.05, 0.1) is 0 Å². The predicted octanol–water partition coefficient (Wildman–Crippen LogP) is 0.753. The van der Waals surface area contributed by atoms with E-state index in [-0.39, 0.29) is 18.6 Å². The van der Waals surface area contributed by atoms with Crippen molar-refractivity contribution in [1.29, 1.82) is 0 Å². The highest BCUT2D eigenvalue weighted by atomic mass is 79.9. The van der Waals surface area contributed by atoms with Crippen molar-refractivity contribution in [1.82, 2.24) is 4.90 Å². The van der Waals surface area contributed by atoms with Crippen molar-refractivity contribution < 1.29 is 9.90 Å². The summed E-state index contributed by atoms with van der Waals surface area (Å²) in [5.74, 6) is 0.192. The van der Waals surface area contributed by atoms with E-state index in [1.54, 1.807) is 0 Å². The van der Waals surface area contributed by atoms with Gasteiger partial charge >= 0.3 is 0 Å². The third kappa shape index (κ3) is 2.20. The third-order valence-corrected chi connectivity index (χ3v) is 2.80. The molecule has 0 aromatic carbocycles. The molecule has 1 fully saturated rings. The molecule has 1 amide bonds. The molecule has 2 atom stereocenters. The van der Waals surface area contributed by atoms with Crippen LogP contribution in [0.3, 0.4) is 0 Å². The van der Waals surface area contributed by atoms with Crippen LogP contribution in [0.5, 0.6) is 0 Å². The SMILES string of the molecule is CC(CCO)N1CC(Br)CC1=O. The maximum Gasteiger partial charge on any atom is 0.224 e. The highest BCUT2D eigenvalue weighted by Crippen LogP contribution is 2.21. The molecule has 1 rings (SSSR count). The van der Waals surface area contributed by atoms with Gasteiger partial charge in [0.2, 0.25) is 5.91 Å². The van der Waals surface area contributed by atoms with Crippen LogP contribution in [0.4, 0.5) is 0 Å². The van der Waals surface area contributed by atoms with Gasteiger partial charge in [0, 0.05) is 30.4 Å². The number of amides is 1. The summed E-state index contributed by atoms with van der Waals surface area (Å²) >= 11 is 3.41. The first-order valence-electron chi connectivity index (χ1n) is 4.19. The van der Waals surface area contributed by atoms with E-state index in [0.717, 1.165) is 6.54 Å². The molecule has 0 aliphatic carbocycles. The lowest BCUT2D eigenvalue weighted by atomic mass is 10.2. The number of hydrogen-bond donors (Lipinski definition) is 1. The van der Waals surface area contributed by atoms with Crippen LogP contribution in [-0.4, -0.2) is 39.9 Å². The molecule has 0 aromatic heterocycles. The van der Waals surface area contributed by atoms with Crippen LogP contribution in [0.15, 0.2) is 0 Å². The first-order chi connectivity index (χ1) is 5.65. The zero-order valence-corrected chi connectivity index (χ0v) is 8.75. The lowest BCUT2D eigenvalue weighted by Crippen LogP contribution is -2.35. The van der Waals surface area contributed by atoms with E-state index in [9.17, 15) is 4.79 Å². The molecule has 2 unspecified atom stereocenters. The number of nitrogens with zero attached hydrogens (tertiary/aromatic N) is 1. The van der Waals surface area contributed by atoms with Crippen LogP contribution in [0, 0.1) is 0 Å². The topological polar surface area (TPSA) is 40.5 Å². The minimum atomic E-state index is 0.151. The van der Waals surface area contributed by atoms with Gasteiger partial charge in [0.1, 0.15) is 0 Å². The van der Waals surface area contributed by atoms with E-state index in [4.69, 9.17) is 5.11 Å². The highest BCUT2D eigenvalue weighted by Gasteiger charge is 2.30. The molecule has 1 saturated heterocycles. The third-order valence-electron chi connectivity index (χ3n) is 2.19. The standard InChI is InChI=1S/C8H14BrNO2/c1-6(2-3-11)10-5-7(9)4-8(10)12/h6-7,11H,2-5H2,1H3. The second kappa shape index (κ2) is 4.23. The van der Waals surface area contributed by atoms with Crippen molar-refractivity contribution in [2.45, 2.75) is 30.6 Å². The van der Waals surface area contributed by atoms with Crippen molar-refractivity contribution in [2.75, 3.05) is 13.2 Å². The van der Waals surface area contributed by atoms with Crippen molar-refractivity contribution in [2.24, 2.45) is 0 Å². The Kier molecular flexibility index (Phi) is 3.53. The van der Waals surface area contributed by atoms with Crippen molar-refractivity contribution in [3.8, 4) is 0 Å². The Morgan fingerprint density at radius 3 is 2.92 bits per heavy atom. The number of likely N-dealkylation sites (tertiary alicyclic amines) is 1. The normalized spacial score (nSPS) is 26.4. The van der Waals surface area contributed by atoms with Crippen molar-refractivity contribution >= 4 is 21.8 Å². The van der Waals surface area contributed by atoms with E-state index in [0.29, 0.717) is 17.7 Å². The van der Waals surface area contributed by atoms with Crippen LogP contribution in [-0.2, 0) is 4.79 Å². The number of hydrogen-bond acceptors (Lipinski definition) is 2. The number of rotatable bonds is 3. The van der Waals surface area contributed by atoms with Crippen LogP contribution >= 0.6 is 15.9 Å². The molecule has 4 heteroatoms. The minimum absolute atomic E-state index is 0.151.